The van der Waals surface area contributed by atoms with E-state index in [0.717, 1.165) is 17.3 Å². The highest BCUT2D eigenvalue weighted by atomic mass is 16.4. The van der Waals surface area contributed by atoms with Crippen LogP contribution in [0.3, 0.4) is 0 Å². The maximum absolute atomic E-state index is 5.51. The van der Waals surface area contributed by atoms with Gasteiger partial charge >= 0.3 is 0 Å². The van der Waals surface area contributed by atoms with Gasteiger partial charge in [0.1, 0.15) is 17.3 Å². The summed E-state index contributed by atoms with van der Waals surface area (Å²) in [6, 6.07) is 2.29. The van der Waals surface area contributed by atoms with Crippen molar-refractivity contribution in [3.8, 4) is 0 Å². The number of hydrogen-bond donors (Lipinski definition) is 1. The second-order valence-electron chi connectivity index (χ2n) is 4.34. The van der Waals surface area contributed by atoms with Crippen LogP contribution in [-0.2, 0) is 6.54 Å². The summed E-state index contributed by atoms with van der Waals surface area (Å²) >= 11 is 0. The van der Waals surface area contributed by atoms with Crippen LogP contribution in [0.5, 0.6) is 0 Å². The highest BCUT2D eigenvalue weighted by Gasteiger charge is 2.12. The molecular formula is C13H18N2O2. The van der Waals surface area contributed by atoms with Crippen LogP contribution in [0.25, 0.3) is 0 Å². The lowest BCUT2D eigenvalue weighted by Crippen LogP contribution is -2.18. The Morgan fingerprint density at radius 1 is 1.24 bits per heavy atom. The largest absolute Gasteiger partial charge is 0.466 e. The van der Waals surface area contributed by atoms with Crippen LogP contribution >= 0.6 is 0 Å². The molecule has 0 saturated heterocycles. The lowest BCUT2D eigenvalue weighted by atomic mass is 10.1. The Balaban J connectivity index is 1.97. The molecule has 0 bridgehead atoms. The lowest BCUT2D eigenvalue weighted by Gasteiger charge is -2.11. The monoisotopic (exact) mass is 234 g/mol. The van der Waals surface area contributed by atoms with Gasteiger partial charge in [-0.25, -0.2) is 4.98 Å². The van der Waals surface area contributed by atoms with Crippen LogP contribution in [0.15, 0.2) is 21.1 Å². The molecule has 0 unspecified atom stereocenters. The predicted octanol–water partition coefficient (Wildman–Crippen LogP) is 3.04. The van der Waals surface area contributed by atoms with Crippen LogP contribution in [-0.4, -0.2) is 4.98 Å². The summed E-state index contributed by atoms with van der Waals surface area (Å²) in [7, 11) is 0. The van der Waals surface area contributed by atoms with Crippen molar-refractivity contribution in [3.05, 3.63) is 41.0 Å². The lowest BCUT2D eigenvalue weighted by molar-refractivity contribution is 0.428. The van der Waals surface area contributed by atoms with Gasteiger partial charge in [0.25, 0.3) is 0 Å². The van der Waals surface area contributed by atoms with E-state index >= 15 is 0 Å². The third-order valence-electron chi connectivity index (χ3n) is 2.77. The van der Waals surface area contributed by atoms with E-state index in [4.69, 9.17) is 8.83 Å². The Morgan fingerprint density at radius 3 is 2.53 bits per heavy atom. The molecule has 17 heavy (non-hydrogen) atoms. The predicted molar refractivity (Wildman–Crippen MR) is 64.7 cm³/mol. The highest BCUT2D eigenvalue weighted by molar-refractivity contribution is 5.23. The van der Waals surface area contributed by atoms with Gasteiger partial charge in [-0.15, -0.1) is 0 Å². The van der Waals surface area contributed by atoms with E-state index in [1.807, 2.05) is 20.8 Å². The maximum atomic E-state index is 5.51. The average molecular weight is 234 g/mol. The second-order valence-corrected chi connectivity index (χ2v) is 4.34. The quantitative estimate of drug-likeness (QED) is 0.883. The first-order valence-corrected chi connectivity index (χ1v) is 5.78. The Labute approximate surface area is 101 Å². The molecule has 0 aliphatic heterocycles. The SMILES string of the molecule is Cc1cnc(CN[C@@H](C)c2cc(C)oc2C)o1. The third-order valence-corrected chi connectivity index (χ3v) is 2.77. The van der Waals surface area contributed by atoms with Crippen molar-refractivity contribution in [2.75, 3.05) is 0 Å². The molecule has 92 valence electrons. The van der Waals surface area contributed by atoms with Gasteiger partial charge in [0.05, 0.1) is 12.7 Å². The fourth-order valence-electron chi connectivity index (χ4n) is 1.91. The topological polar surface area (TPSA) is 51.2 Å². The van der Waals surface area contributed by atoms with Crippen LogP contribution in [0, 0.1) is 20.8 Å². The van der Waals surface area contributed by atoms with E-state index in [2.05, 4.69) is 23.3 Å². The summed E-state index contributed by atoms with van der Waals surface area (Å²) in [5.74, 6) is 3.46. The van der Waals surface area contributed by atoms with E-state index in [1.54, 1.807) is 6.20 Å². The summed E-state index contributed by atoms with van der Waals surface area (Å²) in [5, 5.41) is 3.37. The summed E-state index contributed by atoms with van der Waals surface area (Å²) in [6.45, 7) is 8.56. The van der Waals surface area contributed by atoms with Crippen molar-refractivity contribution < 1.29 is 8.83 Å². The minimum Gasteiger partial charge on any atom is -0.466 e. The number of hydrogen-bond acceptors (Lipinski definition) is 4. The molecule has 0 fully saturated rings. The molecule has 0 amide bonds. The molecule has 4 heteroatoms. The zero-order valence-electron chi connectivity index (χ0n) is 10.7. The first-order valence-electron chi connectivity index (χ1n) is 5.78. The van der Waals surface area contributed by atoms with E-state index in [9.17, 15) is 0 Å². The molecule has 2 aromatic heterocycles. The number of nitrogens with one attached hydrogen (secondary N) is 1. The second kappa shape index (κ2) is 4.75. The molecule has 4 nitrogen and oxygen atoms in total. The minimum absolute atomic E-state index is 0.222. The molecule has 0 saturated carbocycles. The number of oxazole rings is 1. The summed E-state index contributed by atoms with van der Waals surface area (Å²) in [5.41, 5.74) is 1.19. The zero-order valence-corrected chi connectivity index (χ0v) is 10.7. The zero-order chi connectivity index (χ0) is 12.4. The van der Waals surface area contributed by atoms with Gasteiger partial charge in [0.2, 0.25) is 5.89 Å². The number of aryl methyl sites for hydroxylation is 3. The highest BCUT2D eigenvalue weighted by Crippen LogP contribution is 2.21. The van der Waals surface area contributed by atoms with E-state index < -0.39 is 0 Å². The minimum atomic E-state index is 0.222. The molecule has 0 radical (unpaired) electrons. The van der Waals surface area contributed by atoms with E-state index in [-0.39, 0.29) is 6.04 Å². The van der Waals surface area contributed by atoms with Gasteiger partial charge in [0, 0.05) is 11.6 Å². The van der Waals surface area contributed by atoms with Crippen LogP contribution < -0.4 is 5.32 Å². The fourth-order valence-corrected chi connectivity index (χ4v) is 1.91. The molecule has 0 aromatic carbocycles. The van der Waals surface area contributed by atoms with Crippen LogP contribution in [0.2, 0.25) is 0 Å². The number of furan rings is 1. The number of aromatic nitrogens is 1. The Morgan fingerprint density at radius 2 is 2.00 bits per heavy atom. The smallest absolute Gasteiger partial charge is 0.208 e. The van der Waals surface area contributed by atoms with Crippen molar-refractivity contribution in [3.63, 3.8) is 0 Å². The molecule has 0 spiro atoms. The van der Waals surface area contributed by atoms with Gasteiger partial charge in [0.15, 0.2) is 0 Å². The Kier molecular flexibility index (Phi) is 3.33. The van der Waals surface area contributed by atoms with Gasteiger partial charge < -0.3 is 14.2 Å². The van der Waals surface area contributed by atoms with Crippen molar-refractivity contribution in [1.82, 2.24) is 10.3 Å². The molecule has 1 atom stereocenters. The molecule has 2 rings (SSSR count). The van der Waals surface area contributed by atoms with E-state index in [0.29, 0.717) is 12.4 Å². The van der Waals surface area contributed by atoms with Crippen molar-refractivity contribution in [2.45, 2.75) is 40.3 Å². The van der Waals surface area contributed by atoms with Gasteiger partial charge in [-0.1, -0.05) is 0 Å². The Hall–Kier alpha value is -1.55. The molecule has 2 aromatic rings. The van der Waals surface area contributed by atoms with Gasteiger partial charge in [-0.3, -0.25) is 0 Å². The summed E-state index contributed by atoms with van der Waals surface area (Å²) < 4.78 is 10.9. The van der Waals surface area contributed by atoms with Crippen LogP contribution in [0.4, 0.5) is 0 Å². The fraction of sp³-hybridized carbons (Fsp3) is 0.462. The van der Waals surface area contributed by atoms with Crippen molar-refractivity contribution in [2.24, 2.45) is 0 Å². The average Bonchev–Trinajstić information content (AvgIpc) is 2.81. The van der Waals surface area contributed by atoms with Gasteiger partial charge in [-0.05, 0) is 33.8 Å². The third kappa shape index (κ3) is 2.77. The molecular weight excluding hydrogens is 216 g/mol. The number of rotatable bonds is 4. The van der Waals surface area contributed by atoms with E-state index in [1.165, 1.54) is 5.56 Å². The van der Waals surface area contributed by atoms with Crippen molar-refractivity contribution >= 4 is 0 Å². The molecule has 1 N–H and O–H groups in total. The Bertz CT molecular complexity index is 499. The van der Waals surface area contributed by atoms with Gasteiger partial charge in [-0.2, -0.15) is 0 Å². The van der Waals surface area contributed by atoms with Crippen molar-refractivity contribution in [1.29, 1.82) is 0 Å². The standard InChI is InChI=1S/C13H18N2O2/c1-8-5-12(11(4)16-8)10(3)14-7-13-15-6-9(2)17-13/h5-6,10,14H,7H2,1-4H3/t10-/m0/s1. The molecule has 2 heterocycles. The normalized spacial score (nSPS) is 12.9. The first kappa shape index (κ1) is 11.9. The maximum Gasteiger partial charge on any atom is 0.208 e. The summed E-state index contributed by atoms with van der Waals surface area (Å²) in [4.78, 5) is 4.16. The molecule has 0 aliphatic rings. The molecule has 0 aliphatic carbocycles. The summed E-state index contributed by atoms with van der Waals surface area (Å²) in [6.07, 6.45) is 1.73. The number of nitrogens with zero attached hydrogens (tertiary/aromatic N) is 1. The first-order chi connectivity index (χ1) is 8.06. The van der Waals surface area contributed by atoms with Crippen LogP contribution in [0.1, 0.15) is 41.7 Å².